The Morgan fingerprint density at radius 3 is 2.29 bits per heavy atom. The van der Waals surface area contributed by atoms with Crippen molar-refractivity contribution in [1.82, 2.24) is 9.97 Å². The van der Waals surface area contributed by atoms with E-state index >= 15 is 0 Å². The van der Waals surface area contributed by atoms with Gasteiger partial charge in [-0.2, -0.15) is 11.3 Å². The first kappa shape index (κ1) is 31.9. The number of rotatable bonds is 4. The van der Waals surface area contributed by atoms with Crippen LogP contribution in [0.2, 0.25) is 17.3 Å². The van der Waals surface area contributed by atoms with E-state index in [9.17, 15) is 0 Å². The molecule has 0 amide bonds. The van der Waals surface area contributed by atoms with Crippen molar-refractivity contribution in [2.45, 2.75) is 57.8 Å². The Labute approximate surface area is 288 Å². The first-order valence-corrected chi connectivity index (χ1v) is 23.1. The molecular formula is C39H38GeIrN2OS-2. The molecule has 0 spiro atoms. The van der Waals surface area contributed by atoms with Gasteiger partial charge in [0.1, 0.15) is 11.2 Å². The van der Waals surface area contributed by atoms with Gasteiger partial charge in [0.05, 0.1) is 4.70 Å². The third kappa shape index (κ3) is 6.73. The number of hydrogen-bond donors (Lipinski definition) is 0. The molecule has 0 atom stereocenters. The smallest absolute Gasteiger partial charge is 0.136 e. The van der Waals surface area contributed by atoms with Gasteiger partial charge in [-0.05, 0) is 58.8 Å². The summed E-state index contributed by atoms with van der Waals surface area (Å²) < 4.78 is 18.4. The number of furan rings is 1. The van der Waals surface area contributed by atoms with Crippen LogP contribution in [0.15, 0.2) is 83.5 Å². The average molecular weight is 849 g/mol. The third-order valence-electron chi connectivity index (χ3n) is 8.00. The maximum atomic E-state index is 8.46. The molecule has 0 N–H and O–H groups in total. The Balaban J connectivity index is 0.000000200. The van der Waals surface area contributed by atoms with Crippen molar-refractivity contribution in [2.75, 3.05) is 0 Å². The van der Waals surface area contributed by atoms with Crippen molar-refractivity contribution in [1.29, 1.82) is 0 Å². The minimum atomic E-state index is -1.77. The van der Waals surface area contributed by atoms with E-state index in [1.54, 1.807) is 11.3 Å². The Hall–Kier alpha value is -3.09. The minimum absolute atomic E-state index is 0. The summed E-state index contributed by atoms with van der Waals surface area (Å²) in [4.78, 5) is 9.26. The zero-order chi connectivity index (χ0) is 32.1. The predicted molar refractivity (Wildman–Crippen MR) is 191 cm³/mol. The summed E-state index contributed by atoms with van der Waals surface area (Å²) in [6, 6.07) is 29.1. The van der Waals surface area contributed by atoms with E-state index in [0.29, 0.717) is 0 Å². The Bertz CT molecular complexity index is 2180. The number of hydrogen-bond acceptors (Lipinski definition) is 4. The predicted octanol–water partition coefficient (Wildman–Crippen LogP) is 10.8. The normalized spacial score (nSPS) is 12.1. The number of thiophene rings is 1. The van der Waals surface area contributed by atoms with Gasteiger partial charge < -0.3 is 9.40 Å². The molecule has 0 fully saturated rings. The van der Waals surface area contributed by atoms with Crippen LogP contribution in [0.25, 0.3) is 53.9 Å². The zero-order valence-electron chi connectivity index (χ0n) is 28.0. The second-order valence-electron chi connectivity index (χ2n) is 12.8. The van der Waals surface area contributed by atoms with Crippen LogP contribution >= 0.6 is 11.3 Å². The van der Waals surface area contributed by atoms with Gasteiger partial charge in [-0.25, -0.2) is 0 Å². The van der Waals surface area contributed by atoms with Crippen molar-refractivity contribution < 1.29 is 25.9 Å². The van der Waals surface area contributed by atoms with Gasteiger partial charge in [0.2, 0.25) is 0 Å². The fourth-order valence-corrected chi connectivity index (χ4v) is 10.6. The van der Waals surface area contributed by atoms with Gasteiger partial charge in [0.25, 0.3) is 0 Å². The maximum absolute atomic E-state index is 8.46. The van der Waals surface area contributed by atoms with Crippen LogP contribution in [-0.2, 0) is 20.1 Å². The molecule has 0 saturated heterocycles. The van der Waals surface area contributed by atoms with Gasteiger partial charge in [0, 0.05) is 33.1 Å². The monoisotopic (exact) mass is 850 g/mol. The van der Waals surface area contributed by atoms with E-state index in [2.05, 4.69) is 89.7 Å². The van der Waals surface area contributed by atoms with Crippen LogP contribution < -0.4 is 4.40 Å². The molecule has 45 heavy (non-hydrogen) atoms. The largest absolute Gasteiger partial charge is 0.456 e. The molecule has 1 radical (unpaired) electrons. The molecule has 4 heterocycles. The summed E-state index contributed by atoms with van der Waals surface area (Å²) in [5.41, 5.74) is 10.4. The van der Waals surface area contributed by atoms with Crippen LogP contribution in [0.1, 0.15) is 43.4 Å². The quantitative estimate of drug-likeness (QED) is 0.131. The second kappa shape index (κ2) is 13.3. The molecule has 0 bridgehead atoms. The second-order valence-corrected chi connectivity index (χ2v) is 24.3. The van der Waals surface area contributed by atoms with E-state index < -0.39 is 19.2 Å². The van der Waals surface area contributed by atoms with E-state index in [4.69, 9.17) is 5.79 Å². The molecule has 3 nitrogen and oxygen atoms in total. The van der Waals surface area contributed by atoms with Gasteiger partial charge in [-0.15, -0.1) is 23.8 Å². The van der Waals surface area contributed by atoms with E-state index in [1.807, 2.05) is 63.4 Å². The molecule has 7 rings (SSSR count). The molecule has 231 valence electrons. The molecule has 0 unspecified atom stereocenters. The molecule has 4 aromatic heterocycles. The van der Waals surface area contributed by atoms with Crippen LogP contribution in [-0.4, -0.2) is 23.2 Å². The Morgan fingerprint density at radius 1 is 0.822 bits per heavy atom. The number of aromatic nitrogens is 2. The van der Waals surface area contributed by atoms with Crippen LogP contribution in [0.3, 0.4) is 0 Å². The first-order chi connectivity index (χ1) is 21.3. The van der Waals surface area contributed by atoms with Crippen molar-refractivity contribution in [2.24, 2.45) is 0 Å². The van der Waals surface area contributed by atoms with Crippen molar-refractivity contribution in [3.05, 3.63) is 114 Å². The van der Waals surface area contributed by atoms with E-state index in [-0.39, 0.29) is 20.1 Å². The topological polar surface area (TPSA) is 38.9 Å². The average Bonchev–Trinajstić information content (AvgIpc) is 3.53. The van der Waals surface area contributed by atoms with Crippen LogP contribution in [0.5, 0.6) is 0 Å². The summed E-state index contributed by atoms with van der Waals surface area (Å²) in [5.74, 6) is 6.53. The number of nitrogens with zero attached hydrogens (tertiary/aromatic N) is 2. The molecule has 3 aromatic carbocycles. The number of pyridine rings is 2. The standard InChI is InChI=1S/C24H20NOS.C15H18GeN.Ir/c1-13(2)18-11-20(25-12-15(18)4)16-6-5-7-17-22-24(27-23(16)17)19-10-14(3)8-9-21(19)26-22;1-12-10-15(13-8-6-5-7-9-13)17-11-14(12)16(2,3)4;/h5,7-13H,1-4H3;5-8,10-11H,1-4H3;/q2*-1;/i13D;;. The van der Waals surface area contributed by atoms with Crippen LogP contribution in [0, 0.1) is 32.9 Å². The fourth-order valence-electron chi connectivity index (χ4n) is 5.77. The number of benzene rings is 3. The summed E-state index contributed by atoms with van der Waals surface area (Å²) in [5, 5.41) is 2.25. The van der Waals surface area contributed by atoms with Crippen LogP contribution in [0.4, 0.5) is 0 Å². The summed E-state index contributed by atoms with van der Waals surface area (Å²) >= 11 is -0.0389. The molecule has 0 aliphatic carbocycles. The van der Waals surface area contributed by atoms with Crippen molar-refractivity contribution >= 4 is 60.3 Å². The van der Waals surface area contributed by atoms with Gasteiger partial charge >= 0.3 is 106 Å². The SMILES string of the molecule is Cc1cc(-c2[c-]cccc2)nc[c]1[Ge]([CH3])([CH3])[CH3].[2H]C(C)(C)c1cc(-c2[c-]ccc3c2sc2c4cc(C)ccc4oc32)ncc1C.[Ir]. The number of fused-ring (bicyclic) bond motifs is 5. The molecule has 0 aliphatic rings. The zero-order valence-corrected chi connectivity index (χ0v) is 32.4. The van der Waals surface area contributed by atoms with E-state index in [0.717, 1.165) is 60.3 Å². The van der Waals surface area contributed by atoms with Gasteiger partial charge in [-0.3, -0.25) is 0 Å². The molecule has 0 saturated carbocycles. The van der Waals surface area contributed by atoms with Gasteiger partial charge in [0.15, 0.2) is 0 Å². The van der Waals surface area contributed by atoms with E-state index in [1.165, 1.54) is 20.2 Å². The minimum Gasteiger partial charge on any atom is -0.456 e. The molecule has 0 aliphatic heterocycles. The van der Waals surface area contributed by atoms with Crippen molar-refractivity contribution in [3.63, 3.8) is 0 Å². The molecule has 7 aromatic rings. The fraction of sp³-hybridized carbons (Fsp3) is 0.231. The van der Waals surface area contributed by atoms with Gasteiger partial charge in [-0.1, -0.05) is 31.5 Å². The third-order valence-corrected chi connectivity index (χ3v) is 13.7. The summed E-state index contributed by atoms with van der Waals surface area (Å²) in [7, 11) is 0. The van der Waals surface area contributed by atoms with Crippen molar-refractivity contribution in [3.8, 4) is 22.5 Å². The maximum Gasteiger partial charge on any atom is 0.136 e. The Kier molecular flexibility index (Phi) is 9.45. The summed E-state index contributed by atoms with van der Waals surface area (Å²) in [6.07, 6.45) is 3.94. The molecule has 6 heteroatoms. The number of aryl methyl sites for hydroxylation is 3. The summed E-state index contributed by atoms with van der Waals surface area (Å²) in [6.45, 7) is 10.1. The molecular weight excluding hydrogens is 809 g/mol. The first-order valence-electron chi connectivity index (χ1n) is 15.5. The Morgan fingerprint density at radius 2 is 1.60 bits per heavy atom.